The highest BCUT2D eigenvalue weighted by molar-refractivity contribution is 6.06. The number of rotatable bonds is 9. The number of hydrogen-bond donors (Lipinski definition) is 2. The lowest BCUT2D eigenvalue weighted by Gasteiger charge is -2.35. The molecule has 2 N–H and O–H groups in total. The van der Waals surface area contributed by atoms with Gasteiger partial charge in [0.1, 0.15) is 0 Å². The Balaban J connectivity index is 1.27. The molecule has 15 nitrogen and oxygen atoms in total. The van der Waals surface area contributed by atoms with Crippen molar-refractivity contribution in [3.63, 3.8) is 0 Å². The van der Waals surface area contributed by atoms with Gasteiger partial charge in [-0.2, -0.15) is 0 Å². The maximum absolute atomic E-state index is 13.7. The molecular formula is C30H34N6O9. The number of esters is 1. The molecular weight excluding hydrogens is 588 g/mol. The number of amidine groups is 1. The molecule has 0 aromatic heterocycles. The predicted octanol–water partition coefficient (Wildman–Crippen LogP) is 0.854. The maximum Gasteiger partial charge on any atom is 0.303 e. The Hall–Kier alpha value is -5.02. The van der Waals surface area contributed by atoms with Crippen molar-refractivity contribution in [1.82, 2.24) is 15.1 Å². The van der Waals surface area contributed by atoms with Gasteiger partial charge >= 0.3 is 5.97 Å². The van der Waals surface area contributed by atoms with Gasteiger partial charge in [0.05, 0.1) is 13.2 Å². The summed E-state index contributed by atoms with van der Waals surface area (Å²) >= 11 is 0. The zero-order valence-electron chi connectivity index (χ0n) is 24.9. The van der Waals surface area contributed by atoms with Crippen molar-refractivity contribution >= 4 is 46.8 Å². The van der Waals surface area contributed by atoms with Gasteiger partial charge in [0.15, 0.2) is 18.7 Å². The van der Waals surface area contributed by atoms with Gasteiger partial charge in [0.2, 0.25) is 12.0 Å². The monoisotopic (exact) mass is 622 g/mol. The van der Waals surface area contributed by atoms with Crippen LogP contribution in [-0.2, 0) is 38.5 Å². The number of amides is 4. The molecule has 0 radical (unpaired) electrons. The average molecular weight is 623 g/mol. The van der Waals surface area contributed by atoms with Gasteiger partial charge in [0, 0.05) is 56.1 Å². The van der Waals surface area contributed by atoms with E-state index in [2.05, 4.69) is 25.7 Å². The van der Waals surface area contributed by atoms with Crippen molar-refractivity contribution in [3.8, 4) is 0 Å². The topological polar surface area (TPSA) is 168 Å². The summed E-state index contributed by atoms with van der Waals surface area (Å²) in [6.07, 6.45) is -1.14. The first-order chi connectivity index (χ1) is 21.7. The number of carbonyl (C=O) groups excluding carboxylic acids is 5. The summed E-state index contributed by atoms with van der Waals surface area (Å²) in [5, 5.41) is 9.30. The molecule has 2 fully saturated rings. The van der Waals surface area contributed by atoms with Gasteiger partial charge in [-0.1, -0.05) is 6.07 Å². The summed E-state index contributed by atoms with van der Waals surface area (Å²) in [6.45, 7) is 2.75. The molecule has 45 heavy (non-hydrogen) atoms. The average Bonchev–Trinajstić information content (AvgIpc) is 3.60. The predicted molar refractivity (Wildman–Crippen MR) is 159 cm³/mol. The summed E-state index contributed by atoms with van der Waals surface area (Å²) in [6, 6.07) is 13.0. The largest absolute Gasteiger partial charge is 0.449 e. The number of carbonyl (C=O) groups is 5. The third-order valence-electron chi connectivity index (χ3n) is 7.44. The number of anilines is 2. The van der Waals surface area contributed by atoms with Crippen molar-refractivity contribution in [2.24, 2.45) is 5.16 Å². The number of hydrogen-bond acceptors (Lipinski definition) is 11. The SMILES string of the molecule is CC(=O)O[C@@H](C(=O)Nc1ccc(C2=NOOCN2)cc1)[C@H]1OCCN(c2cccc(C(=O)N(C)CC(=O)N3CCCC3)c2)C1=O. The van der Waals surface area contributed by atoms with Crippen molar-refractivity contribution in [2.75, 3.05) is 56.8 Å². The van der Waals surface area contributed by atoms with E-state index in [1.54, 1.807) is 60.5 Å². The fourth-order valence-electron chi connectivity index (χ4n) is 5.18. The van der Waals surface area contributed by atoms with Gasteiger partial charge in [-0.3, -0.25) is 24.0 Å². The van der Waals surface area contributed by atoms with E-state index in [-0.39, 0.29) is 43.8 Å². The third-order valence-corrected chi connectivity index (χ3v) is 7.44. The molecule has 5 rings (SSSR count). The maximum atomic E-state index is 13.7. The van der Waals surface area contributed by atoms with Crippen LogP contribution in [0.3, 0.4) is 0 Å². The Labute approximate surface area is 258 Å². The van der Waals surface area contributed by atoms with E-state index in [9.17, 15) is 24.0 Å². The Morgan fingerprint density at radius 2 is 1.87 bits per heavy atom. The van der Waals surface area contributed by atoms with E-state index in [0.717, 1.165) is 19.8 Å². The van der Waals surface area contributed by atoms with Crippen LogP contribution in [0.15, 0.2) is 53.7 Å². The number of ether oxygens (including phenoxy) is 2. The lowest BCUT2D eigenvalue weighted by Crippen LogP contribution is -2.56. The molecule has 2 saturated heterocycles. The smallest absolute Gasteiger partial charge is 0.303 e. The summed E-state index contributed by atoms with van der Waals surface area (Å²) < 4.78 is 11.0. The lowest BCUT2D eigenvalue weighted by atomic mass is 10.1. The third kappa shape index (κ3) is 7.56. The molecule has 3 aliphatic rings. The first kappa shape index (κ1) is 31.4. The number of nitrogens with zero attached hydrogens (tertiary/aromatic N) is 4. The molecule has 238 valence electrons. The van der Waals surface area contributed by atoms with Crippen molar-refractivity contribution < 1.29 is 43.3 Å². The van der Waals surface area contributed by atoms with Crippen LogP contribution in [0.25, 0.3) is 0 Å². The standard InChI is InChI=1S/C30H34N6O9/c1-19(37)44-25(28(39)32-22-10-8-20(9-11-22)27-31-18-43-45-33-27)26-30(41)36(14-15-42-26)23-7-5-6-21(16-23)29(40)34(2)17-24(38)35-12-3-4-13-35/h5-11,16,25-26H,3-4,12-15,17-18H2,1-2H3,(H,31,33)(H,32,39)/t25-,26-/m1/s1. The van der Waals surface area contributed by atoms with Gasteiger partial charge in [-0.25, -0.2) is 4.99 Å². The molecule has 3 heterocycles. The van der Waals surface area contributed by atoms with Crippen LogP contribution in [0.2, 0.25) is 0 Å². The molecule has 0 aliphatic carbocycles. The van der Waals surface area contributed by atoms with Crippen LogP contribution < -0.4 is 15.5 Å². The number of oxime groups is 1. The normalized spacial score (nSPS) is 18.7. The van der Waals surface area contributed by atoms with Gasteiger partial charge in [-0.05, 0) is 60.5 Å². The summed E-state index contributed by atoms with van der Waals surface area (Å²) in [7, 11) is 1.55. The van der Waals surface area contributed by atoms with E-state index < -0.39 is 30.0 Å². The second-order valence-corrected chi connectivity index (χ2v) is 10.6. The van der Waals surface area contributed by atoms with Crippen LogP contribution >= 0.6 is 0 Å². The van der Waals surface area contributed by atoms with E-state index in [4.69, 9.17) is 9.47 Å². The molecule has 4 amide bonds. The molecule has 2 aromatic rings. The highest BCUT2D eigenvalue weighted by Crippen LogP contribution is 2.24. The van der Waals surface area contributed by atoms with Crippen molar-refractivity contribution in [2.45, 2.75) is 32.0 Å². The van der Waals surface area contributed by atoms with Crippen LogP contribution in [0.5, 0.6) is 0 Å². The minimum Gasteiger partial charge on any atom is -0.449 e. The Morgan fingerprint density at radius 1 is 1.11 bits per heavy atom. The second kappa shape index (κ2) is 14.2. The molecule has 2 aromatic carbocycles. The first-order valence-electron chi connectivity index (χ1n) is 14.5. The van der Waals surface area contributed by atoms with Crippen molar-refractivity contribution in [3.05, 3.63) is 59.7 Å². The molecule has 0 unspecified atom stereocenters. The number of benzene rings is 2. The molecule has 2 atom stereocenters. The molecule has 0 spiro atoms. The summed E-state index contributed by atoms with van der Waals surface area (Å²) in [5.74, 6) is -2.22. The number of morpholine rings is 1. The number of nitrogens with one attached hydrogen (secondary N) is 2. The highest BCUT2D eigenvalue weighted by atomic mass is 17.3. The zero-order chi connectivity index (χ0) is 31.9. The zero-order valence-corrected chi connectivity index (χ0v) is 24.9. The number of likely N-dealkylation sites (N-methyl/N-ethyl adjacent to an activating group) is 1. The highest BCUT2D eigenvalue weighted by Gasteiger charge is 2.42. The van der Waals surface area contributed by atoms with E-state index in [1.807, 2.05) is 0 Å². The molecule has 15 heteroatoms. The van der Waals surface area contributed by atoms with Gasteiger partial charge in [-0.15, -0.1) is 4.89 Å². The fraction of sp³-hybridized carbons (Fsp3) is 0.400. The lowest BCUT2D eigenvalue weighted by molar-refractivity contribution is -0.305. The molecule has 0 saturated carbocycles. The van der Waals surface area contributed by atoms with Crippen LogP contribution in [0.1, 0.15) is 35.7 Å². The Morgan fingerprint density at radius 3 is 2.56 bits per heavy atom. The second-order valence-electron chi connectivity index (χ2n) is 10.6. The van der Waals surface area contributed by atoms with E-state index >= 15 is 0 Å². The van der Waals surface area contributed by atoms with Crippen LogP contribution in [-0.4, -0.2) is 104 Å². The van der Waals surface area contributed by atoms with E-state index in [0.29, 0.717) is 35.9 Å². The summed E-state index contributed by atoms with van der Waals surface area (Å²) in [5.41, 5.74) is 1.71. The quantitative estimate of drug-likeness (QED) is 0.302. The first-order valence-corrected chi connectivity index (χ1v) is 14.5. The van der Waals surface area contributed by atoms with Crippen LogP contribution in [0, 0.1) is 0 Å². The molecule has 0 bridgehead atoms. The Bertz CT molecular complexity index is 1470. The summed E-state index contributed by atoms with van der Waals surface area (Å²) in [4.78, 5) is 78.4. The van der Waals surface area contributed by atoms with E-state index in [1.165, 1.54) is 9.80 Å². The Kier molecular flexibility index (Phi) is 9.89. The van der Waals surface area contributed by atoms with Crippen molar-refractivity contribution in [1.29, 1.82) is 0 Å². The number of likely N-dealkylation sites (tertiary alicyclic amines) is 1. The molecule has 3 aliphatic heterocycles. The van der Waals surface area contributed by atoms with Gasteiger partial charge in [0.25, 0.3) is 17.7 Å². The van der Waals surface area contributed by atoms with Gasteiger partial charge < -0.3 is 34.8 Å². The minimum atomic E-state index is -1.60. The minimum absolute atomic E-state index is 0.0411. The fourth-order valence-corrected chi connectivity index (χ4v) is 5.18. The van der Waals surface area contributed by atoms with Crippen LogP contribution in [0.4, 0.5) is 11.4 Å².